The Morgan fingerprint density at radius 2 is 2.08 bits per heavy atom. The van der Waals surface area contributed by atoms with E-state index in [0.717, 1.165) is 5.75 Å². The van der Waals surface area contributed by atoms with E-state index < -0.39 is 0 Å². The lowest BCUT2D eigenvalue weighted by molar-refractivity contribution is 0.116. The maximum absolute atomic E-state index is 5.54. The fourth-order valence-electron chi connectivity index (χ4n) is 0.969. The van der Waals surface area contributed by atoms with Gasteiger partial charge in [-0.3, -0.25) is 0 Å². The predicted octanol–water partition coefficient (Wildman–Crippen LogP) is 2.61. The minimum absolute atomic E-state index is 0.0420. The van der Waals surface area contributed by atoms with Gasteiger partial charge in [0.2, 0.25) is 0 Å². The Bertz CT molecular complexity index is 244. The molecule has 0 heterocycles. The summed E-state index contributed by atoms with van der Waals surface area (Å²) in [4.78, 5) is 0. The minimum atomic E-state index is 0.0420. The van der Waals surface area contributed by atoms with Crippen molar-refractivity contribution in [3.05, 3.63) is 43.2 Å². The normalized spacial score (nSPS) is 11.8. The summed E-state index contributed by atoms with van der Waals surface area (Å²) >= 11 is 0. The summed E-state index contributed by atoms with van der Waals surface area (Å²) in [5.41, 5.74) is 0. The number of hydrogen-bond donors (Lipinski definition) is 0. The second kappa shape index (κ2) is 5.25. The summed E-state index contributed by atoms with van der Waals surface area (Å²) in [7, 11) is 0. The summed E-state index contributed by atoms with van der Waals surface area (Å²) in [5, 5.41) is 0. The Kier molecular flexibility index (Phi) is 3.89. The van der Waals surface area contributed by atoms with Crippen molar-refractivity contribution in [2.75, 3.05) is 6.61 Å². The van der Waals surface area contributed by atoms with E-state index in [0.29, 0.717) is 6.61 Å². The van der Waals surface area contributed by atoms with E-state index in [4.69, 9.17) is 9.47 Å². The molecule has 0 saturated heterocycles. The molecule has 0 fully saturated rings. The maximum atomic E-state index is 5.54. The third kappa shape index (κ3) is 3.65. The highest BCUT2D eigenvalue weighted by Crippen LogP contribution is 2.10. The Labute approximate surface area is 78.8 Å². The Morgan fingerprint density at radius 1 is 1.38 bits per heavy atom. The third-order valence-corrected chi connectivity index (χ3v) is 1.53. The fourth-order valence-corrected chi connectivity index (χ4v) is 0.969. The van der Waals surface area contributed by atoms with Crippen molar-refractivity contribution in [1.29, 1.82) is 0 Å². The molecule has 13 heavy (non-hydrogen) atoms. The van der Waals surface area contributed by atoms with Crippen LogP contribution in [0.1, 0.15) is 6.92 Å². The molecule has 2 heteroatoms. The van der Waals surface area contributed by atoms with Crippen LogP contribution in [0.4, 0.5) is 0 Å². The van der Waals surface area contributed by atoms with Crippen LogP contribution in [0.25, 0.3) is 0 Å². The topological polar surface area (TPSA) is 18.5 Å². The molecule has 1 atom stereocenters. The molecular formula is C11H14O2. The summed E-state index contributed by atoms with van der Waals surface area (Å²) in [6, 6.07) is 9.68. The van der Waals surface area contributed by atoms with E-state index in [1.54, 1.807) is 0 Å². The Hall–Kier alpha value is -1.44. The van der Waals surface area contributed by atoms with Crippen LogP contribution in [0, 0.1) is 0 Å². The highest BCUT2D eigenvalue weighted by Gasteiger charge is 2.02. The van der Waals surface area contributed by atoms with Gasteiger partial charge in [-0.2, -0.15) is 0 Å². The minimum Gasteiger partial charge on any atom is -0.498 e. The largest absolute Gasteiger partial charge is 0.498 e. The zero-order valence-corrected chi connectivity index (χ0v) is 7.77. The van der Waals surface area contributed by atoms with Gasteiger partial charge in [0, 0.05) is 0 Å². The van der Waals surface area contributed by atoms with Crippen molar-refractivity contribution in [3.63, 3.8) is 0 Å². The van der Waals surface area contributed by atoms with Gasteiger partial charge in [-0.05, 0) is 19.1 Å². The molecule has 0 aromatic heterocycles. The van der Waals surface area contributed by atoms with Crippen molar-refractivity contribution in [2.45, 2.75) is 13.0 Å². The van der Waals surface area contributed by atoms with Crippen molar-refractivity contribution in [1.82, 2.24) is 0 Å². The van der Waals surface area contributed by atoms with Gasteiger partial charge in [0.05, 0.1) is 6.26 Å². The first-order valence-corrected chi connectivity index (χ1v) is 4.27. The monoisotopic (exact) mass is 178 g/mol. The second-order valence-electron chi connectivity index (χ2n) is 2.74. The molecule has 0 aliphatic heterocycles. The standard InChI is InChI=1S/C11H14O2/c1-3-12-9-10(2)13-11-7-5-4-6-8-11/h3-8,10H,1,9H2,2H3. The lowest BCUT2D eigenvalue weighted by Crippen LogP contribution is -2.17. The first-order valence-electron chi connectivity index (χ1n) is 4.27. The summed E-state index contributed by atoms with van der Waals surface area (Å²) in [5.74, 6) is 0.864. The van der Waals surface area contributed by atoms with Crippen LogP contribution in [0.15, 0.2) is 43.2 Å². The molecule has 1 rings (SSSR count). The zero-order chi connectivity index (χ0) is 9.52. The average Bonchev–Trinajstić information content (AvgIpc) is 2.16. The number of ether oxygens (including phenoxy) is 2. The van der Waals surface area contributed by atoms with Crippen LogP contribution in [0.3, 0.4) is 0 Å². The Balaban J connectivity index is 2.36. The molecular weight excluding hydrogens is 164 g/mol. The van der Waals surface area contributed by atoms with Crippen LogP contribution < -0.4 is 4.74 Å². The lowest BCUT2D eigenvalue weighted by Gasteiger charge is -2.13. The first kappa shape index (κ1) is 9.65. The van der Waals surface area contributed by atoms with Crippen LogP contribution in [0.5, 0.6) is 5.75 Å². The number of rotatable bonds is 5. The van der Waals surface area contributed by atoms with Crippen molar-refractivity contribution < 1.29 is 9.47 Å². The number of hydrogen-bond acceptors (Lipinski definition) is 2. The zero-order valence-electron chi connectivity index (χ0n) is 7.77. The SMILES string of the molecule is C=COCC(C)Oc1ccccc1. The van der Waals surface area contributed by atoms with E-state index in [1.165, 1.54) is 6.26 Å². The van der Waals surface area contributed by atoms with Crippen LogP contribution in [-0.4, -0.2) is 12.7 Å². The quantitative estimate of drug-likeness (QED) is 0.645. The molecule has 70 valence electrons. The summed E-state index contributed by atoms with van der Waals surface area (Å²) in [6.07, 6.45) is 1.46. The number of benzene rings is 1. The summed E-state index contributed by atoms with van der Waals surface area (Å²) in [6.45, 7) is 5.94. The van der Waals surface area contributed by atoms with Crippen LogP contribution in [-0.2, 0) is 4.74 Å². The Morgan fingerprint density at radius 3 is 2.69 bits per heavy atom. The number of para-hydroxylation sites is 1. The van der Waals surface area contributed by atoms with Crippen molar-refractivity contribution in [2.24, 2.45) is 0 Å². The smallest absolute Gasteiger partial charge is 0.130 e. The fraction of sp³-hybridized carbons (Fsp3) is 0.273. The van der Waals surface area contributed by atoms with Gasteiger partial charge in [-0.25, -0.2) is 0 Å². The maximum Gasteiger partial charge on any atom is 0.130 e. The molecule has 0 amide bonds. The van der Waals surface area contributed by atoms with E-state index in [9.17, 15) is 0 Å². The average molecular weight is 178 g/mol. The summed E-state index contributed by atoms with van der Waals surface area (Å²) < 4.78 is 10.5. The first-order chi connectivity index (χ1) is 6.33. The van der Waals surface area contributed by atoms with E-state index in [1.807, 2.05) is 37.3 Å². The molecule has 0 bridgehead atoms. The second-order valence-corrected chi connectivity index (χ2v) is 2.74. The third-order valence-electron chi connectivity index (χ3n) is 1.53. The van der Waals surface area contributed by atoms with Gasteiger partial charge in [0.25, 0.3) is 0 Å². The molecule has 0 aliphatic rings. The molecule has 0 radical (unpaired) electrons. The molecule has 0 saturated carbocycles. The highest BCUT2D eigenvalue weighted by atomic mass is 16.5. The van der Waals surface area contributed by atoms with Crippen molar-refractivity contribution in [3.8, 4) is 5.75 Å². The lowest BCUT2D eigenvalue weighted by atomic mass is 10.3. The van der Waals surface area contributed by atoms with E-state index >= 15 is 0 Å². The van der Waals surface area contributed by atoms with Crippen LogP contribution >= 0.6 is 0 Å². The van der Waals surface area contributed by atoms with Gasteiger partial charge < -0.3 is 9.47 Å². The van der Waals surface area contributed by atoms with Gasteiger partial charge in [0.1, 0.15) is 18.5 Å². The van der Waals surface area contributed by atoms with Gasteiger partial charge in [-0.15, -0.1) is 0 Å². The van der Waals surface area contributed by atoms with Crippen molar-refractivity contribution >= 4 is 0 Å². The molecule has 0 N–H and O–H groups in total. The van der Waals surface area contributed by atoms with E-state index in [2.05, 4.69) is 6.58 Å². The molecule has 2 nitrogen and oxygen atoms in total. The van der Waals surface area contributed by atoms with Gasteiger partial charge >= 0.3 is 0 Å². The molecule has 1 aromatic rings. The van der Waals surface area contributed by atoms with Gasteiger partial charge in [0.15, 0.2) is 0 Å². The van der Waals surface area contributed by atoms with Gasteiger partial charge in [-0.1, -0.05) is 24.8 Å². The van der Waals surface area contributed by atoms with E-state index in [-0.39, 0.29) is 6.10 Å². The predicted molar refractivity (Wildman–Crippen MR) is 52.7 cm³/mol. The molecule has 1 aromatic carbocycles. The van der Waals surface area contributed by atoms with Crippen LogP contribution in [0.2, 0.25) is 0 Å². The molecule has 0 spiro atoms. The molecule has 0 aliphatic carbocycles. The highest BCUT2D eigenvalue weighted by molar-refractivity contribution is 5.21. The molecule has 1 unspecified atom stereocenters.